The first kappa shape index (κ1) is 16.9. The van der Waals surface area contributed by atoms with Crippen molar-refractivity contribution in [2.45, 2.75) is 57.5 Å². The minimum absolute atomic E-state index is 0.0711. The van der Waals surface area contributed by atoms with Gasteiger partial charge in [0, 0.05) is 12.0 Å². The number of aliphatic hydroxyl groups excluding tert-OH is 1. The van der Waals surface area contributed by atoms with Crippen molar-refractivity contribution in [3.05, 3.63) is 22.9 Å². The zero-order valence-corrected chi connectivity index (χ0v) is 13.6. The van der Waals surface area contributed by atoms with E-state index in [4.69, 9.17) is 21.2 Å². The number of oxime groups is 1. The molecular formula is C16H22ClNO4. The summed E-state index contributed by atoms with van der Waals surface area (Å²) in [6.45, 7) is 2.18. The van der Waals surface area contributed by atoms with E-state index in [0.717, 1.165) is 32.1 Å². The maximum atomic E-state index is 12.4. The Morgan fingerprint density at radius 2 is 2.23 bits per heavy atom. The highest BCUT2D eigenvalue weighted by molar-refractivity contribution is 6.25. The van der Waals surface area contributed by atoms with Crippen LogP contribution in [-0.4, -0.2) is 29.0 Å². The van der Waals surface area contributed by atoms with E-state index in [0.29, 0.717) is 18.6 Å². The summed E-state index contributed by atoms with van der Waals surface area (Å²) in [6.07, 6.45) is 6.96. The number of carbonyl (C=O) groups excluding carboxylic acids is 1. The van der Waals surface area contributed by atoms with Crippen LogP contribution in [0.3, 0.4) is 0 Å². The van der Waals surface area contributed by atoms with Crippen LogP contribution in [0.5, 0.6) is 0 Å². The lowest BCUT2D eigenvalue weighted by atomic mass is 9.90. The molecule has 1 N–H and O–H groups in total. The van der Waals surface area contributed by atoms with Gasteiger partial charge >= 0.3 is 5.97 Å². The minimum Gasteiger partial charge on any atom is -0.511 e. The van der Waals surface area contributed by atoms with Crippen molar-refractivity contribution in [3.63, 3.8) is 0 Å². The van der Waals surface area contributed by atoms with E-state index >= 15 is 0 Å². The maximum Gasteiger partial charge on any atom is 0.344 e. The summed E-state index contributed by atoms with van der Waals surface area (Å²) in [7, 11) is 0. The standard InChI is InChI=1S/C16H22ClNO4/c1-2-6-12(18-21-10-5-9-17)14-13(19)11-16(22-15(14)20)7-3-4-8-16/h5,9,19H,2-4,6-8,10-11H2,1H3/b9-5+,18-12-. The van der Waals surface area contributed by atoms with Crippen LogP contribution < -0.4 is 0 Å². The monoisotopic (exact) mass is 327 g/mol. The fraction of sp³-hybridized carbons (Fsp3) is 0.625. The van der Waals surface area contributed by atoms with Gasteiger partial charge in [-0.05, 0) is 38.2 Å². The summed E-state index contributed by atoms with van der Waals surface area (Å²) in [4.78, 5) is 17.5. The minimum atomic E-state index is -0.510. The number of hydrogen-bond acceptors (Lipinski definition) is 5. The Morgan fingerprint density at radius 1 is 1.50 bits per heavy atom. The van der Waals surface area contributed by atoms with Crippen molar-refractivity contribution in [2.75, 3.05) is 6.61 Å². The Hall–Kier alpha value is -1.49. The third-order valence-electron chi connectivity index (χ3n) is 4.02. The molecule has 0 aromatic heterocycles. The van der Waals surface area contributed by atoms with E-state index in [9.17, 15) is 9.90 Å². The normalized spacial score (nSPS) is 21.7. The summed E-state index contributed by atoms with van der Waals surface area (Å²) in [5.74, 6) is -0.420. The lowest BCUT2D eigenvalue weighted by Gasteiger charge is -2.33. The third kappa shape index (κ3) is 3.83. The van der Waals surface area contributed by atoms with E-state index in [1.54, 1.807) is 6.08 Å². The second kappa shape index (κ2) is 7.68. The zero-order valence-electron chi connectivity index (χ0n) is 12.8. The zero-order chi connectivity index (χ0) is 16.0. The van der Waals surface area contributed by atoms with E-state index in [1.807, 2.05) is 6.92 Å². The van der Waals surface area contributed by atoms with Crippen molar-refractivity contribution >= 4 is 23.3 Å². The topological polar surface area (TPSA) is 68.1 Å². The van der Waals surface area contributed by atoms with Crippen LogP contribution in [0.4, 0.5) is 0 Å². The molecule has 1 aliphatic heterocycles. The quantitative estimate of drug-likeness (QED) is 0.347. The number of carbonyl (C=O) groups is 1. The Kier molecular flexibility index (Phi) is 5.89. The number of aliphatic hydroxyl groups is 1. The van der Waals surface area contributed by atoms with Crippen molar-refractivity contribution in [1.29, 1.82) is 0 Å². The summed E-state index contributed by atoms with van der Waals surface area (Å²) < 4.78 is 5.64. The molecule has 1 aliphatic carbocycles. The number of halogens is 1. The van der Waals surface area contributed by atoms with Gasteiger partial charge in [0.2, 0.25) is 0 Å². The van der Waals surface area contributed by atoms with E-state index in [2.05, 4.69) is 5.16 Å². The number of esters is 1. The van der Waals surface area contributed by atoms with Crippen LogP contribution in [0.25, 0.3) is 0 Å². The molecule has 1 saturated carbocycles. The average Bonchev–Trinajstić information content (AvgIpc) is 2.90. The van der Waals surface area contributed by atoms with Crippen LogP contribution in [-0.2, 0) is 14.4 Å². The van der Waals surface area contributed by atoms with Crippen LogP contribution in [0.2, 0.25) is 0 Å². The number of rotatable bonds is 6. The van der Waals surface area contributed by atoms with Gasteiger partial charge in [-0.1, -0.05) is 30.1 Å². The lowest BCUT2D eigenvalue weighted by molar-refractivity contribution is -0.157. The molecule has 1 fully saturated rings. The first-order valence-electron chi connectivity index (χ1n) is 7.72. The highest BCUT2D eigenvalue weighted by Crippen LogP contribution is 2.42. The highest BCUT2D eigenvalue weighted by atomic mass is 35.5. The smallest absolute Gasteiger partial charge is 0.344 e. The molecule has 0 amide bonds. The molecule has 0 aromatic carbocycles. The molecule has 0 bridgehead atoms. The van der Waals surface area contributed by atoms with Gasteiger partial charge in [0.25, 0.3) is 0 Å². The molecule has 1 spiro atoms. The molecule has 2 rings (SSSR count). The van der Waals surface area contributed by atoms with Crippen LogP contribution in [0.15, 0.2) is 28.1 Å². The third-order valence-corrected chi connectivity index (χ3v) is 4.19. The first-order valence-corrected chi connectivity index (χ1v) is 8.15. The lowest BCUT2D eigenvalue weighted by Crippen LogP contribution is -2.39. The van der Waals surface area contributed by atoms with Crippen molar-refractivity contribution in [1.82, 2.24) is 0 Å². The Balaban J connectivity index is 2.20. The van der Waals surface area contributed by atoms with Crippen molar-refractivity contribution in [2.24, 2.45) is 5.16 Å². The van der Waals surface area contributed by atoms with Gasteiger partial charge in [-0.25, -0.2) is 4.79 Å². The SMILES string of the molecule is CCC/C(=N/OC/C=C/Cl)C1=C(O)CC2(CCCC2)OC1=O. The molecule has 1 heterocycles. The summed E-state index contributed by atoms with van der Waals surface area (Å²) in [6, 6.07) is 0. The molecule has 6 heteroatoms. The van der Waals surface area contributed by atoms with Crippen LogP contribution in [0, 0.1) is 0 Å². The second-order valence-corrected chi connectivity index (χ2v) is 5.98. The Labute approximate surface area is 135 Å². The molecule has 122 valence electrons. The first-order chi connectivity index (χ1) is 10.6. The fourth-order valence-corrected chi connectivity index (χ4v) is 3.10. The van der Waals surface area contributed by atoms with Gasteiger partial charge in [0.1, 0.15) is 23.5 Å². The van der Waals surface area contributed by atoms with Crippen LogP contribution in [0.1, 0.15) is 51.9 Å². The van der Waals surface area contributed by atoms with E-state index in [1.165, 1.54) is 5.54 Å². The van der Waals surface area contributed by atoms with Gasteiger partial charge in [0.05, 0.1) is 5.71 Å². The largest absolute Gasteiger partial charge is 0.511 e. The molecule has 0 atom stereocenters. The molecule has 0 unspecified atom stereocenters. The van der Waals surface area contributed by atoms with E-state index in [-0.39, 0.29) is 17.9 Å². The van der Waals surface area contributed by atoms with Crippen LogP contribution >= 0.6 is 11.6 Å². The predicted octanol–water partition coefficient (Wildman–Crippen LogP) is 3.98. The average molecular weight is 328 g/mol. The molecule has 22 heavy (non-hydrogen) atoms. The Morgan fingerprint density at radius 3 is 2.82 bits per heavy atom. The number of nitrogens with zero attached hydrogens (tertiary/aromatic N) is 1. The number of ether oxygens (including phenoxy) is 1. The van der Waals surface area contributed by atoms with Crippen molar-refractivity contribution in [3.8, 4) is 0 Å². The maximum absolute atomic E-state index is 12.4. The van der Waals surface area contributed by atoms with Gasteiger partial charge in [0.15, 0.2) is 0 Å². The summed E-state index contributed by atoms with van der Waals surface area (Å²) >= 11 is 5.41. The van der Waals surface area contributed by atoms with E-state index < -0.39 is 11.6 Å². The molecule has 0 aromatic rings. The van der Waals surface area contributed by atoms with Gasteiger partial charge in [-0.2, -0.15) is 0 Å². The predicted molar refractivity (Wildman–Crippen MR) is 84.9 cm³/mol. The summed E-state index contributed by atoms with van der Waals surface area (Å²) in [5.41, 5.74) is 1.42. The molecular weight excluding hydrogens is 306 g/mol. The highest BCUT2D eigenvalue weighted by Gasteiger charge is 2.44. The molecule has 0 saturated heterocycles. The molecule has 0 radical (unpaired) electrons. The van der Waals surface area contributed by atoms with Gasteiger partial charge < -0.3 is 14.7 Å². The Bertz CT molecular complexity index is 504. The fourth-order valence-electron chi connectivity index (χ4n) is 3.03. The molecule has 2 aliphatic rings. The molecule has 5 nitrogen and oxygen atoms in total. The van der Waals surface area contributed by atoms with Gasteiger partial charge in [-0.15, -0.1) is 0 Å². The second-order valence-electron chi connectivity index (χ2n) is 5.72. The van der Waals surface area contributed by atoms with Crippen molar-refractivity contribution < 1.29 is 19.5 Å². The number of hydrogen-bond donors (Lipinski definition) is 1. The summed E-state index contributed by atoms with van der Waals surface area (Å²) in [5, 5.41) is 14.4. The van der Waals surface area contributed by atoms with Gasteiger partial charge in [-0.3, -0.25) is 0 Å².